The zero-order valence-corrected chi connectivity index (χ0v) is 14.9. The van der Waals surface area contributed by atoms with Crippen LogP contribution in [0, 0.1) is 17.5 Å². The quantitative estimate of drug-likeness (QED) is 0.442. The van der Waals surface area contributed by atoms with Crippen molar-refractivity contribution < 1.29 is 37.0 Å². The smallest absolute Gasteiger partial charge is 0.344 e. The molecule has 1 amide bonds. The van der Waals surface area contributed by atoms with Gasteiger partial charge in [-0.1, -0.05) is 0 Å². The second-order valence-electron chi connectivity index (χ2n) is 5.71. The fraction of sp³-hybridized carbons (Fsp3) is 0.211. The second-order valence-corrected chi connectivity index (χ2v) is 5.71. The van der Waals surface area contributed by atoms with Crippen LogP contribution in [0.2, 0.25) is 0 Å². The number of hydrogen-bond donors (Lipinski definition) is 1. The van der Waals surface area contributed by atoms with Crippen molar-refractivity contribution in [2.45, 2.75) is 20.0 Å². The topological polar surface area (TPSA) is 81.7 Å². The predicted octanol–water partition coefficient (Wildman–Crippen LogP) is 3.26. The average Bonchev–Trinajstić information content (AvgIpc) is 2.67. The Morgan fingerprint density at radius 1 is 1.00 bits per heavy atom. The van der Waals surface area contributed by atoms with Gasteiger partial charge >= 0.3 is 5.97 Å². The molecule has 0 aromatic heterocycles. The van der Waals surface area contributed by atoms with Gasteiger partial charge in [-0.3, -0.25) is 9.59 Å². The highest BCUT2D eigenvalue weighted by molar-refractivity contribution is 5.95. The van der Waals surface area contributed by atoms with E-state index in [1.165, 1.54) is 38.1 Å². The van der Waals surface area contributed by atoms with Crippen molar-refractivity contribution in [3.05, 3.63) is 59.4 Å². The number of ketones is 1. The van der Waals surface area contributed by atoms with Gasteiger partial charge in [-0.15, -0.1) is 0 Å². The summed E-state index contributed by atoms with van der Waals surface area (Å²) in [6, 6.07) is 7.52. The Balaban J connectivity index is 1.86. The number of halogens is 3. The van der Waals surface area contributed by atoms with Crippen LogP contribution in [0.4, 0.5) is 18.9 Å². The summed E-state index contributed by atoms with van der Waals surface area (Å²) in [5.74, 6) is -6.33. The maximum Gasteiger partial charge on any atom is 0.344 e. The lowest BCUT2D eigenvalue weighted by Crippen LogP contribution is -2.32. The molecule has 0 heterocycles. The van der Waals surface area contributed by atoms with Gasteiger partial charge < -0.3 is 14.8 Å². The van der Waals surface area contributed by atoms with Crippen LogP contribution in [0.25, 0.3) is 0 Å². The molecule has 2 aromatic carbocycles. The summed E-state index contributed by atoms with van der Waals surface area (Å²) in [4.78, 5) is 34.9. The molecule has 0 aliphatic heterocycles. The summed E-state index contributed by atoms with van der Waals surface area (Å²) in [7, 11) is 0. The summed E-state index contributed by atoms with van der Waals surface area (Å²) in [6.07, 6.45) is -1.34. The van der Waals surface area contributed by atoms with Crippen molar-refractivity contribution in [1.82, 2.24) is 0 Å². The van der Waals surface area contributed by atoms with Crippen molar-refractivity contribution >= 4 is 23.3 Å². The van der Waals surface area contributed by atoms with Crippen molar-refractivity contribution in [1.29, 1.82) is 0 Å². The Bertz CT molecular complexity index is 899. The molecule has 0 saturated carbocycles. The Labute approximate surface area is 158 Å². The number of carbonyl (C=O) groups excluding carboxylic acids is 3. The van der Waals surface area contributed by atoms with E-state index in [2.05, 4.69) is 0 Å². The third kappa shape index (κ3) is 5.32. The van der Waals surface area contributed by atoms with Gasteiger partial charge in [-0.05, 0) is 50.2 Å². The lowest BCUT2D eigenvalue weighted by molar-refractivity contribution is -0.155. The van der Waals surface area contributed by atoms with Gasteiger partial charge in [0.15, 0.2) is 35.9 Å². The van der Waals surface area contributed by atoms with Gasteiger partial charge in [0.2, 0.25) is 0 Å². The van der Waals surface area contributed by atoms with Crippen molar-refractivity contribution in [2.75, 3.05) is 11.9 Å². The zero-order chi connectivity index (χ0) is 20.8. The first-order valence-electron chi connectivity index (χ1n) is 8.06. The Kier molecular flexibility index (Phi) is 6.75. The molecule has 0 bridgehead atoms. The number of carbonyl (C=O) groups is 3. The minimum absolute atomic E-state index is 0.122. The van der Waals surface area contributed by atoms with Gasteiger partial charge in [0, 0.05) is 5.56 Å². The number of hydrogen-bond acceptors (Lipinski definition) is 5. The van der Waals surface area contributed by atoms with E-state index in [-0.39, 0.29) is 5.78 Å². The molecule has 0 saturated heterocycles. The molecule has 0 aliphatic carbocycles. The molecule has 148 valence electrons. The number of anilines is 1. The molecule has 0 spiro atoms. The number of rotatable bonds is 7. The Hall–Kier alpha value is -3.36. The number of benzene rings is 2. The molecule has 0 unspecified atom stereocenters. The van der Waals surface area contributed by atoms with E-state index in [0.29, 0.717) is 17.4 Å². The van der Waals surface area contributed by atoms with E-state index < -0.39 is 47.7 Å². The number of Topliss-reactive ketones (excluding diaryl/α,β-unsaturated/α-hetero) is 1. The summed E-state index contributed by atoms with van der Waals surface area (Å²) in [5.41, 5.74) is -0.113. The molecular weight excluding hydrogens is 379 g/mol. The predicted molar refractivity (Wildman–Crippen MR) is 92.4 cm³/mol. The molecular formula is C19H16F3NO5. The van der Waals surface area contributed by atoms with Crippen LogP contribution in [-0.2, 0) is 14.3 Å². The van der Waals surface area contributed by atoms with Crippen LogP contribution in [0.15, 0.2) is 36.4 Å². The lowest BCUT2D eigenvalue weighted by atomic mass is 10.1. The molecule has 0 radical (unpaired) electrons. The molecule has 1 N–H and O–H groups in total. The number of nitrogens with one attached hydrogen (secondary N) is 1. The number of esters is 1. The van der Waals surface area contributed by atoms with E-state index in [0.717, 1.165) is 6.07 Å². The van der Waals surface area contributed by atoms with Crippen LogP contribution >= 0.6 is 0 Å². The average molecular weight is 395 g/mol. The monoisotopic (exact) mass is 395 g/mol. The van der Waals surface area contributed by atoms with Crippen LogP contribution in [-0.4, -0.2) is 30.4 Å². The van der Waals surface area contributed by atoms with Crippen LogP contribution in [0.3, 0.4) is 0 Å². The van der Waals surface area contributed by atoms with E-state index in [1.54, 1.807) is 0 Å². The summed E-state index contributed by atoms with van der Waals surface area (Å²) in [5, 5.41) is 2.00. The van der Waals surface area contributed by atoms with Gasteiger partial charge in [0.05, 0.1) is 5.69 Å². The minimum Gasteiger partial charge on any atom is -0.482 e. The lowest BCUT2D eigenvalue weighted by Gasteiger charge is -2.14. The summed E-state index contributed by atoms with van der Waals surface area (Å²) in [6.45, 7) is 2.11. The standard InChI is InChI=1S/C19H16F3NO5/c1-10(24)12-3-5-13(6-4-12)27-9-16(25)28-11(2)19(26)23-15-8-7-14(20)17(21)18(15)22/h3-8,11H,9H2,1-2H3,(H,23,26)/t11-/m1/s1. The summed E-state index contributed by atoms with van der Waals surface area (Å²) >= 11 is 0. The highest BCUT2D eigenvalue weighted by Crippen LogP contribution is 2.20. The molecule has 0 aliphatic rings. The first-order chi connectivity index (χ1) is 13.2. The third-order valence-corrected chi connectivity index (χ3v) is 3.59. The Morgan fingerprint density at radius 2 is 1.64 bits per heavy atom. The van der Waals surface area contributed by atoms with E-state index in [9.17, 15) is 27.6 Å². The first kappa shape index (κ1) is 20.9. The fourth-order valence-electron chi connectivity index (χ4n) is 2.07. The van der Waals surface area contributed by atoms with Crippen molar-refractivity contribution in [3.63, 3.8) is 0 Å². The van der Waals surface area contributed by atoms with Crippen LogP contribution in [0.5, 0.6) is 5.75 Å². The second kappa shape index (κ2) is 9.03. The van der Waals surface area contributed by atoms with Crippen molar-refractivity contribution in [3.8, 4) is 5.75 Å². The molecule has 2 rings (SSSR count). The summed E-state index contributed by atoms with van der Waals surface area (Å²) < 4.78 is 49.6. The largest absolute Gasteiger partial charge is 0.482 e. The molecule has 28 heavy (non-hydrogen) atoms. The van der Waals surface area contributed by atoms with Crippen LogP contribution < -0.4 is 10.1 Å². The molecule has 1 atom stereocenters. The first-order valence-corrected chi connectivity index (χ1v) is 8.06. The van der Waals surface area contributed by atoms with E-state index in [4.69, 9.17) is 9.47 Å². The molecule has 9 heteroatoms. The SMILES string of the molecule is CC(=O)c1ccc(OCC(=O)O[C@H](C)C(=O)Nc2ccc(F)c(F)c2F)cc1. The normalized spacial score (nSPS) is 11.5. The minimum atomic E-state index is -1.73. The number of amides is 1. The van der Waals surface area contributed by atoms with E-state index in [1.807, 2.05) is 5.32 Å². The molecule has 0 fully saturated rings. The van der Waals surface area contributed by atoms with Gasteiger partial charge in [0.1, 0.15) is 5.75 Å². The van der Waals surface area contributed by atoms with Gasteiger partial charge in [0.25, 0.3) is 5.91 Å². The Morgan fingerprint density at radius 3 is 2.25 bits per heavy atom. The number of ether oxygens (including phenoxy) is 2. The highest BCUT2D eigenvalue weighted by Gasteiger charge is 2.21. The zero-order valence-electron chi connectivity index (χ0n) is 14.9. The van der Waals surface area contributed by atoms with Gasteiger partial charge in [-0.2, -0.15) is 0 Å². The fourth-order valence-corrected chi connectivity index (χ4v) is 2.07. The van der Waals surface area contributed by atoms with Crippen LogP contribution in [0.1, 0.15) is 24.2 Å². The maximum absolute atomic E-state index is 13.6. The van der Waals surface area contributed by atoms with Crippen molar-refractivity contribution in [2.24, 2.45) is 0 Å². The van der Waals surface area contributed by atoms with E-state index >= 15 is 0 Å². The highest BCUT2D eigenvalue weighted by atomic mass is 19.2. The maximum atomic E-state index is 13.6. The molecule has 2 aromatic rings. The third-order valence-electron chi connectivity index (χ3n) is 3.59. The molecule has 6 nitrogen and oxygen atoms in total. The van der Waals surface area contributed by atoms with Gasteiger partial charge in [-0.25, -0.2) is 18.0 Å².